The Labute approximate surface area is 241 Å². The first-order valence-electron chi connectivity index (χ1n) is 14.6. The minimum Gasteiger partial charge on any atom is -0.496 e. The smallest absolute Gasteiger partial charge is 0.316 e. The Morgan fingerprint density at radius 1 is 1.10 bits per heavy atom. The first-order valence-corrected chi connectivity index (χ1v) is 14.9. The number of halogens is 1. The number of methoxy groups -OCH3 is 1. The number of carbonyl (C=O) groups is 3. The van der Waals surface area contributed by atoms with Gasteiger partial charge in [0.1, 0.15) is 11.9 Å². The topological polar surface area (TPSA) is 84.9 Å². The van der Waals surface area contributed by atoms with Crippen molar-refractivity contribution in [3.8, 4) is 5.75 Å². The van der Waals surface area contributed by atoms with E-state index in [1.54, 1.807) is 6.07 Å². The van der Waals surface area contributed by atoms with Crippen molar-refractivity contribution in [2.45, 2.75) is 75.7 Å². The normalized spacial score (nSPS) is 23.3. The number of nitrogens with one attached hydrogen (secondary N) is 1. The predicted molar refractivity (Wildman–Crippen MR) is 155 cm³/mol. The number of nitrogens with zero attached hydrogens (tertiary/aromatic N) is 1. The van der Waals surface area contributed by atoms with E-state index in [1.807, 2.05) is 0 Å². The molecule has 7 nitrogen and oxygen atoms in total. The zero-order valence-electron chi connectivity index (χ0n) is 23.3. The molecule has 2 aromatic rings. The molecule has 214 valence electrons. The van der Waals surface area contributed by atoms with Crippen LogP contribution in [0.15, 0.2) is 36.4 Å². The van der Waals surface area contributed by atoms with E-state index in [1.165, 1.54) is 13.2 Å². The summed E-state index contributed by atoms with van der Waals surface area (Å²) in [5.41, 5.74) is 2.38. The van der Waals surface area contributed by atoms with Crippen molar-refractivity contribution in [1.29, 1.82) is 0 Å². The maximum Gasteiger partial charge on any atom is 0.316 e. The Morgan fingerprint density at radius 2 is 1.82 bits per heavy atom. The van der Waals surface area contributed by atoms with Gasteiger partial charge in [0.05, 0.1) is 28.8 Å². The average molecular weight is 567 g/mol. The SMILES string of the molecule is COc1cc(NC(=O)CCCc2ccc(C3(C(=O)O[C@H]4CN5CCC4CC5)CCCCC3)cc2)c(Cl)cc1C=O. The number of amides is 1. The lowest BCUT2D eigenvalue weighted by Crippen LogP contribution is -2.53. The summed E-state index contributed by atoms with van der Waals surface area (Å²) >= 11 is 6.23. The van der Waals surface area contributed by atoms with Gasteiger partial charge in [-0.3, -0.25) is 19.3 Å². The number of anilines is 1. The number of esters is 1. The van der Waals surface area contributed by atoms with Gasteiger partial charge < -0.3 is 14.8 Å². The monoisotopic (exact) mass is 566 g/mol. The van der Waals surface area contributed by atoms with Gasteiger partial charge in [0.2, 0.25) is 5.91 Å². The molecule has 6 rings (SSSR count). The van der Waals surface area contributed by atoms with Crippen LogP contribution >= 0.6 is 11.6 Å². The summed E-state index contributed by atoms with van der Waals surface area (Å²) in [6, 6.07) is 11.4. The van der Waals surface area contributed by atoms with Crippen LogP contribution in [0.1, 0.15) is 79.3 Å². The standard InChI is InChI=1S/C32H39ClN2O5/c1-39-28-19-27(26(33)18-24(28)21-36)34-30(37)7-5-6-22-8-10-25(11-9-22)32(14-3-2-4-15-32)31(38)40-29-20-35-16-12-23(29)13-17-35/h8-11,18-19,21,23,29H,2-7,12-17,20H2,1H3,(H,34,37)/t29-/m0/s1. The first-order chi connectivity index (χ1) is 19.4. The highest BCUT2D eigenvalue weighted by molar-refractivity contribution is 6.34. The van der Waals surface area contributed by atoms with Crippen LogP contribution in [0.2, 0.25) is 5.02 Å². The highest BCUT2D eigenvalue weighted by Crippen LogP contribution is 2.42. The molecule has 4 aliphatic rings. The van der Waals surface area contributed by atoms with Crippen molar-refractivity contribution >= 4 is 35.5 Å². The molecule has 2 aromatic carbocycles. The van der Waals surface area contributed by atoms with Crippen molar-refractivity contribution in [2.75, 3.05) is 32.1 Å². The Morgan fingerprint density at radius 3 is 2.45 bits per heavy atom. The maximum absolute atomic E-state index is 13.7. The summed E-state index contributed by atoms with van der Waals surface area (Å²) in [5.74, 6) is 0.670. The van der Waals surface area contributed by atoms with E-state index in [4.69, 9.17) is 21.1 Å². The zero-order chi connectivity index (χ0) is 28.1. The molecule has 0 spiro atoms. The van der Waals surface area contributed by atoms with Crippen molar-refractivity contribution in [2.24, 2.45) is 5.92 Å². The van der Waals surface area contributed by atoms with Gasteiger partial charge in [-0.2, -0.15) is 0 Å². The molecule has 1 atom stereocenters. The van der Waals surface area contributed by atoms with E-state index in [0.29, 0.717) is 42.0 Å². The number of ether oxygens (including phenoxy) is 2. The summed E-state index contributed by atoms with van der Waals surface area (Å²) < 4.78 is 11.5. The molecular formula is C32H39ClN2O5. The predicted octanol–water partition coefficient (Wildman–Crippen LogP) is 5.96. The second kappa shape index (κ2) is 12.7. The number of rotatable bonds is 10. The first kappa shape index (κ1) is 28.6. The number of carbonyl (C=O) groups excluding carboxylic acids is 3. The molecule has 0 aromatic heterocycles. The Balaban J connectivity index is 1.18. The van der Waals surface area contributed by atoms with Crippen LogP contribution in [0.5, 0.6) is 5.75 Å². The van der Waals surface area contributed by atoms with Gasteiger partial charge in [0.25, 0.3) is 0 Å². The third-order valence-electron chi connectivity index (χ3n) is 9.05. The van der Waals surface area contributed by atoms with Crippen LogP contribution in [0.3, 0.4) is 0 Å². The number of aryl methyl sites for hydroxylation is 1. The second-order valence-electron chi connectivity index (χ2n) is 11.5. The number of hydrogen-bond acceptors (Lipinski definition) is 6. The molecule has 3 heterocycles. The van der Waals surface area contributed by atoms with Crippen molar-refractivity contribution in [3.63, 3.8) is 0 Å². The van der Waals surface area contributed by atoms with Gasteiger partial charge in [0, 0.05) is 19.0 Å². The van der Waals surface area contributed by atoms with Gasteiger partial charge in [-0.15, -0.1) is 0 Å². The molecule has 40 heavy (non-hydrogen) atoms. The fourth-order valence-corrected chi connectivity index (χ4v) is 6.87. The lowest BCUT2D eigenvalue weighted by Gasteiger charge is -2.45. The van der Waals surface area contributed by atoms with Crippen LogP contribution in [0, 0.1) is 5.92 Å². The number of piperidine rings is 3. The summed E-state index contributed by atoms with van der Waals surface area (Å²) in [5, 5.41) is 3.10. The number of aldehydes is 1. The minimum absolute atomic E-state index is 0.0261. The molecule has 0 unspecified atom stereocenters. The third kappa shape index (κ3) is 6.21. The minimum atomic E-state index is -0.553. The quantitative estimate of drug-likeness (QED) is 0.282. The van der Waals surface area contributed by atoms with E-state index in [2.05, 4.69) is 34.5 Å². The van der Waals surface area contributed by atoms with Crippen molar-refractivity contribution in [3.05, 3.63) is 58.1 Å². The number of fused-ring (bicyclic) bond motifs is 3. The van der Waals surface area contributed by atoms with Crippen LogP contribution in [-0.4, -0.2) is 55.9 Å². The van der Waals surface area contributed by atoms with E-state index >= 15 is 0 Å². The molecule has 3 aliphatic heterocycles. The molecule has 8 heteroatoms. The molecular weight excluding hydrogens is 528 g/mol. The Kier molecular flexibility index (Phi) is 9.11. The van der Waals surface area contributed by atoms with E-state index in [-0.39, 0.29) is 23.0 Å². The molecule has 4 fully saturated rings. The van der Waals surface area contributed by atoms with Crippen molar-refractivity contribution in [1.82, 2.24) is 4.90 Å². The highest BCUT2D eigenvalue weighted by Gasteiger charge is 2.45. The van der Waals surface area contributed by atoms with Crippen LogP contribution < -0.4 is 10.1 Å². The van der Waals surface area contributed by atoms with Gasteiger partial charge >= 0.3 is 5.97 Å². The van der Waals surface area contributed by atoms with E-state index < -0.39 is 5.41 Å². The highest BCUT2D eigenvalue weighted by atomic mass is 35.5. The third-order valence-corrected chi connectivity index (χ3v) is 9.36. The summed E-state index contributed by atoms with van der Waals surface area (Å²) in [6.07, 6.45) is 9.61. The molecule has 3 saturated heterocycles. The molecule has 1 amide bonds. The Bertz CT molecular complexity index is 1220. The van der Waals surface area contributed by atoms with Crippen molar-refractivity contribution < 1.29 is 23.9 Å². The van der Waals surface area contributed by atoms with Gasteiger partial charge in [-0.25, -0.2) is 0 Å². The van der Waals surface area contributed by atoms with Gasteiger partial charge in [-0.05, 0) is 74.7 Å². The lowest BCUT2D eigenvalue weighted by atomic mass is 9.69. The van der Waals surface area contributed by atoms with Crippen LogP contribution in [-0.2, 0) is 26.2 Å². The maximum atomic E-state index is 13.7. The van der Waals surface area contributed by atoms with Crippen LogP contribution in [0.4, 0.5) is 5.69 Å². The molecule has 1 N–H and O–H groups in total. The number of benzene rings is 2. The number of hydrogen-bond donors (Lipinski definition) is 1. The Hall–Kier alpha value is -2.90. The fraction of sp³-hybridized carbons (Fsp3) is 0.531. The molecule has 2 bridgehead atoms. The van der Waals surface area contributed by atoms with E-state index in [0.717, 1.165) is 82.1 Å². The molecule has 1 saturated carbocycles. The van der Waals surface area contributed by atoms with Gasteiger partial charge in [-0.1, -0.05) is 55.1 Å². The lowest BCUT2D eigenvalue weighted by molar-refractivity contribution is -0.167. The zero-order valence-corrected chi connectivity index (χ0v) is 24.0. The average Bonchev–Trinajstić information content (AvgIpc) is 2.99. The van der Waals surface area contributed by atoms with Gasteiger partial charge in [0.15, 0.2) is 6.29 Å². The summed E-state index contributed by atoms with van der Waals surface area (Å²) in [4.78, 5) is 39.9. The summed E-state index contributed by atoms with van der Waals surface area (Å²) in [6.45, 7) is 3.14. The molecule has 1 aliphatic carbocycles. The summed E-state index contributed by atoms with van der Waals surface area (Å²) in [7, 11) is 1.46. The largest absolute Gasteiger partial charge is 0.496 e. The second-order valence-corrected chi connectivity index (χ2v) is 11.9. The van der Waals surface area contributed by atoms with E-state index in [9.17, 15) is 14.4 Å². The fourth-order valence-electron chi connectivity index (χ4n) is 6.65. The molecule has 0 radical (unpaired) electrons. The van der Waals surface area contributed by atoms with Crippen LogP contribution in [0.25, 0.3) is 0 Å².